The fourth-order valence-corrected chi connectivity index (χ4v) is 3.32. The first-order chi connectivity index (χ1) is 12.1. The number of halogens is 1. The molecule has 0 atom stereocenters. The molecule has 7 heteroatoms. The van der Waals surface area contributed by atoms with Gasteiger partial charge in [-0.15, -0.1) is 0 Å². The molecule has 0 saturated carbocycles. The van der Waals surface area contributed by atoms with Crippen molar-refractivity contribution in [1.82, 2.24) is 4.90 Å². The van der Waals surface area contributed by atoms with Crippen molar-refractivity contribution in [2.24, 2.45) is 0 Å². The van der Waals surface area contributed by atoms with Gasteiger partial charge in [0.1, 0.15) is 0 Å². The van der Waals surface area contributed by atoms with Gasteiger partial charge in [0.2, 0.25) is 0 Å². The zero-order chi connectivity index (χ0) is 17.8. The summed E-state index contributed by atoms with van der Waals surface area (Å²) in [6.45, 7) is 2.82. The van der Waals surface area contributed by atoms with E-state index < -0.39 is 0 Å². The molecule has 1 aliphatic heterocycles. The molecule has 6 nitrogen and oxygen atoms in total. The Balaban J connectivity index is 1.63. The first kappa shape index (κ1) is 17.4. The largest absolute Gasteiger partial charge is 0.368 e. The van der Waals surface area contributed by atoms with Gasteiger partial charge >= 0.3 is 5.69 Å². The number of carbonyl (C=O) groups excluding carboxylic acids is 1. The Bertz CT molecular complexity index is 771. The van der Waals surface area contributed by atoms with E-state index in [2.05, 4.69) is 25.7 Å². The van der Waals surface area contributed by atoms with E-state index in [-0.39, 0.29) is 5.91 Å². The number of hydrogen-bond acceptors (Lipinski definition) is 4. The summed E-state index contributed by atoms with van der Waals surface area (Å²) in [5, 5.41) is 0. The molecule has 2 aromatic rings. The summed E-state index contributed by atoms with van der Waals surface area (Å²) in [7, 11) is 1.34. The molecule has 0 radical (unpaired) electrons. The maximum atomic E-state index is 12.6. The van der Waals surface area contributed by atoms with Crippen molar-refractivity contribution in [1.29, 1.82) is 0 Å². The molecule has 3 rings (SSSR count). The first-order valence-corrected chi connectivity index (χ1v) is 8.79. The van der Waals surface area contributed by atoms with E-state index in [0.717, 1.165) is 23.2 Å². The van der Waals surface area contributed by atoms with Gasteiger partial charge in [0, 0.05) is 48.5 Å². The third kappa shape index (κ3) is 3.82. The van der Waals surface area contributed by atoms with Gasteiger partial charge in [-0.3, -0.25) is 4.79 Å². The van der Waals surface area contributed by atoms with Crippen LogP contribution in [0.2, 0.25) is 0 Å². The first-order valence-electron chi connectivity index (χ1n) is 8.00. The third-order valence-corrected chi connectivity index (χ3v) is 4.95. The minimum atomic E-state index is 0.0459. The van der Waals surface area contributed by atoms with Crippen LogP contribution in [0.5, 0.6) is 0 Å². The Morgan fingerprint density at radius 3 is 2.28 bits per heavy atom. The Morgan fingerprint density at radius 1 is 1.04 bits per heavy atom. The maximum absolute atomic E-state index is 12.6. The summed E-state index contributed by atoms with van der Waals surface area (Å²) >= 11 is 3.44. The van der Waals surface area contributed by atoms with E-state index in [1.54, 1.807) is 12.1 Å². The lowest BCUT2D eigenvalue weighted by atomic mass is 10.1. The van der Waals surface area contributed by atoms with Crippen molar-refractivity contribution in [2.45, 2.75) is 0 Å². The summed E-state index contributed by atoms with van der Waals surface area (Å²) in [4.78, 5) is 33.2. The van der Waals surface area contributed by atoms with Crippen molar-refractivity contribution in [2.75, 3.05) is 38.2 Å². The van der Waals surface area contributed by atoms with E-state index in [9.17, 15) is 9.70 Å². The Labute approximate surface area is 154 Å². The minimum absolute atomic E-state index is 0.0459. The number of piperazine rings is 1. The standard InChI is InChI=1S/C18H19BrN3O3/c1-25-22(24)15-8-6-14(7-9-15)20-10-12-21(13-11-20)18(23)16-4-2-3-5-17(16)19/h2-9H,10-13H2,1H3/q+1. The van der Waals surface area contributed by atoms with Crippen molar-refractivity contribution in [3.63, 3.8) is 0 Å². The zero-order valence-electron chi connectivity index (χ0n) is 13.9. The second-order valence-corrected chi connectivity index (χ2v) is 6.57. The minimum Gasteiger partial charge on any atom is -0.368 e. The summed E-state index contributed by atoms with van der Waals surface area (Å²) in [5.74, 6) is 0.0459. The lowest BCUT2D eigenvalue weighted by molar-refractivity contribution is -0.736. The normalized spacial score (nSPS) is 14.3. The number of rotatable bonds is 4. The van der Waals surface area contributed by atoms with Crippen molar-refractivity contribution in [3.05, 3.63) is 63.5 Å². The number of carbonyl (C=O) groups is 1. The fraction of sp³-hybridized carbons (Fsp3) is 0.278. The van der Waals surface area contributed by atoms with E-state index in [0.29, 0.717) is 29.3 Å². The van der Waals surface area contributed by atoms with Crippen LogP contribution in [0.25, 0.3) is 0 Å². The average molecular weight is 405 g/mol. The highest BCUT2D eigenvalue weighted by atomic mass is 79.9. The lowest BCUT2D eigenvalue weighted by Gasteiger charge is -2.36. The van der Waals surface area contributed by atoms with Crippen LogP contribution in [-0.4, -0.2) is 49.0 Å². The second-order valence-electron chi connectivity index (χ2n) is 5.72. The highest BCUT2D eigenvalue weighted by Crippen LogP contribution is 2.23. The fourth-order valence-electron chi connectivity index (χ4n) is 2.86. The maximum Gasteiger partial charge on any atom is 0.316 e. The number of hydrogen-bond donors (Lipinski definition) is 0. The molecule has 1 saturated heterocycles. The van der Waals surface area contributed by atoms with Crippen LogP contribution >= 0.6 is 15.9 Å². The van der Waals surface area contributed by atoms with Crippen LogP contribution in [-0.2, 0) is 4.84 Å². The Morgan fingerprint density at radius 2 is 1.68 bits per heavy atom. The number of benzene rings is 2. The van der Waals surface area contributed by atoms with Gasteiger partial charge in [-0.05, 0) is 40.2 Å². The van der Waals surface area contributed by atoms with Crippen LogP contribution in [0.1, 0.15) is 10.4 Å². The lowest BCUT2D eigenvalue weighted by Crippen LogP contribution is -2.48. The molecule has 1 fully saturated rings. The molecule has 2 aromatic carbocycles. The van der Waals surface area contributed by atoms with Crippen LogP contribution in [0, 0.1) is 4.91 Å². The van der Waals surface area contributed by atoms with Gasteiger partial charge in [-0.2, -0.15) is 0 Å². The summed E-state index contributed by atoms with van der Waals surface area (Å²) in [6, 6.07) is 14.7. The molecule has 1 amide bonds. The van der Waals surface area contributed by atoms with Crippen LogP contribution in [0.4, 0.5) is 11.4 Å². The molecule has 1 aliphatic rings. The Kier molecular flexibility index (Phi) is 5.33. The molecular formula is C18H19BrN3O3+. The molecule has 0 bridgehead atoms. The predicted molar refractivity (Wildman–Crippen MR) is 99.0 cm³/mol. The van der Waals surface area contributed by atoms with Crippen molar-refractivity contribution in [3.8, 4) is 0 Å². The molecule has 0 unspecified atom stereocenters. The highest BCUT2D eigenvalue weighted by Gasteiger charge is 2.24. The highest BCUT2D eigenvalue weighted by molar-refractivity contribution is 9.10. The molecular weight excluding hydrogens is 386 g/mol. The van der Waals surface area contributed by atoms with Crippen molar-refractivity contribution < 1.29 is 14.6 Å². The van der Waals surface area contributed by atoms with E-state index in [4.69, 9.17) is 0 Å². The molecule has 0 aromatic heterocycles. The van der Waals surface area contributed by atoms with Gasteiger partial charge in [0.05, 0.1) is 10.5 Å². The van der Waals surface area contributed by atoms with Gasteiger partial charge in [0.15, 0.2) is 7.11 Å². The topological polar surface area (TPSA) is 52.9 Å². The van der Waals surface area contributed by atoms with Crippen LogP contribution in [0.15, 0.2) is 53.0 Å². The smallest absolute Gasteiger partial charge is 0.316 e. The molecule has 0 aliphatic carbocycles. The van der Waals surface area contributed by atoms with Gasteiger partial charge in [0.25, 0.3) is 10.8 Å². The van der Waals surface area contributed by atoms with Crippen LogP contribution in [0.3, 0.4) is 0 Å². The predicted octanol–water partition coefficient (Wildman–Crippen LogP) is 3.38. The molecule has 0 spiro atoms. The van der Waals surface area contributed by atoms with Crippen LogP contribution < -0.4 is 4.90 Å². The second kappa shape index (κ2) is 7.65. The van der Waals surface area contributed by atoms with Gasteiger partial charge < -0.3 is 9.80 Å². The van der Waals surface area contributed by atoms with Gasteiger partial charge in [-0.1, -0.05) is 12.1 Å². The SMILES string of the molecule is CO[N+](=O)c1ccc(N2CCN(C(=O)c3ccccc3Br)CC2)cc1. The number of anilines is 1. The Hall–Kier alpha value is -2.41. The van der Waals surface area contributed by atoms with E-state index >= 15 is 0 Å². The quantitative estimate of drug-likeness (QED) is 0.732. The molecule has 0 N–H and O–H groups in total. The van der Waals surface area contributed by atoms with E-state index in [1.165, 1.54) is 7.11 Å². The number of amides is 1. The molecule has 25 heavy (non-hydrogen) atoms. The van der Waals surface area contributed by atoms with Gasteiger partial charge in [-0.25, -0.2) is 4.84 Å². The molecule has 130 valence electrons. The monoisotopic (exact) mass is 404 g/mol. The van der Waals surface area contributed by atoms with E-state index in [1.807, 2.05) is 41.3 Å². The average Bonchev–Trinajstić information content (AvgIpc) is 2.67. The number of nitrogens with zero attached hydrogens (tertiary/aromatic N) is 3. The third-order valence-electron chi connectivity index (χ3n) is 4.26. The molecule has 1 heterocycles. The summed E-state index contributed by atoms with van der Waals surface area (Å²) in [5.41, 5.74) is 2.17. The summed E-state index contributed by atoms with van der Waals surface area (Å²) < 4.78 is 0.818. The zero-order valence-corrected chi connectivity index (χ0v) is 15.5. The van der Waals surface area contributed by atoms with Crippen molar-refractivity contribution >= 4 is 33.2 Å². The summed E-state index contributed by atoms with van der Waals surface area (Å²) in [6.07, 6.45) is 0.